The molecule has 0 atom stereocenters. The molecular weight excluding hydrogens is 357 g/mol. The molecule has 0 aromatic rings. The average Bonchev–Trinajstić information content (AvgIpc) is 2.14. The van der Waals surface area contributed by atoms with E-state index in [2.05, 4.69) is 12.2 Å². The molecule has 0 saturated carbocycles. The second-order valence-corrected chi connectivity index (χ2v) is 11.4. The summed E-state index contributed by atoms with van der Waals surface area (Å²) in [5, 5.41) is 2.83. The second kappa shape index (κ2) is 10.4. The van der Waals surface area contributed by atoms with Crippen LogP contribution in [0.2, 0.25) is 7.86 Å². The van der Waals surface area contributed by atoms with Crippen molar-refractivity contribution in [2.24, 2.45) is 5.73 Å². The van der Waals surface area contributed by atoms with Crippen molar-refractivity contribution in [3.05, 3.63) is 0 Å². The molecule has 0 aliphatic carbocycles. The molecule has 0 unspecified atom stereocenters. The minimum absolute atomic E-state index is 0.208. The molecule has 3 N–H and O–H groups in total. The zero-order valence-electron chi connectivity index (χ0n) is 8.34. The zero-order valence-corrected chi connectivity index (χ0v) is 13.8. The van der Waals surface area contributed by atoms with Crippen LogP contribution in [0.3, 0.4) is 0 Å². The number of rotatable bonds is 8. The van der Waals surface area contributed by atoms with E-state index in [1.54, 1.807) is 0 Å². The van der Waals surface area contributed by atoms with Crippen LogP contribution in [0.25, 0.3) is 0 Å². The number of hydrogen-bond acceptors (Lipinski definition) is 3. The molecule has 4 nitrogen and oxygen atoms in total. The molecule has 0 aliphatic rings. The maximum atomic E-state index is 11.1. The molecule has 0 aliphatic heterocycles. The van der Waals surface area contributed by atoms with E-state index in [9.17, 15) is 4.79 Å². The first-order valence-corrected chi connectivity index (χ1v) is 12.6. The fraction of sp³-hybridized carbons (Fsp3) is 0.875. The van der Waals surface area contributed by atoms with Crippen LogP contribution in [-0.2, 0) is 34.1 Å². The molecule has 0 rings (SSSR count). The number of nitrogens with two attached hydrogens (primary N) is 1. The summed E-state index contributed by atoms with van der Waals surface area (Å²) < 4.78 is 7.23. The average molecular weight is 375 g/mol. The van der Waals surface area contributed by atoms with Gasteiger partial charge in [-0.2, -0.15) is 0 Å². The monoisotopic (exact) mass is 376 g/mol. The summed E-state index contributed by atoms with van der Waals surface area (Å²) >= 11 is -0.800. The van der Waals surface area contributed by atoms with Crippen molar-refractivity contribution in [1.29, 1.82) is 0 Å². The van der Waals surface area contributed by atoms with Gasteiger partial charge in [-0.3, -0.25) is 0 Å². The molecule has 0 heterocycles. The Kier molecular flexibility index (Phi) is 10.7. The maximum absolute atomic E-state index is 11.1. The first kappa shape index (κ1) is 13.3. The topological polar surface area (TPSA) is 64.3 Å². The molecule has 0 bridgehead atoms. The van der Waals surface area contributed by atoms with E-state index >= 15 is 0 Å². The fourth-order valence-corrected chi connectivity index (χ4v) is 4.18. The van der Waals surface area contributed by atoms with Gasteiger partial charge in [-0.1, -0.05) is 0 Å². The van der Waals surface area contributed by atoms with Crippen LogP contribution in [0.1, 0.15) is 6.92 Å². The molecule has 0 spiro atoms. The van der Waals surface area contributed by atoms with Crippen LogP contribution in [0, 0.1) is 0 Å². The van der Waals surface area contributed by atoms with Gasteiger partial charge in [0.15, 0.2) is 0 Å². The number of carbonyl (C=O) groups excluding carboxylic acids is 1. The standard InChI is InChI=1S/C6H13N2O2.C2H5.Hg/c1-6(9)8-3-5-10-4-2-7;1-2;/h1-5,7H2,(H,8,9);1H2,2H3;. The summed E-state index contributed by atoms with van der Waals surface area (Å²) in [6, 6.07) is 0. The Morgan fingerprint density at radius 2 is 2.31 bits per heavy atom. The third-order valence-corrected chi connectivity index (χ3v) is 7.48. The van der Waals surface area contributed by atoms with Gasteiger partial charge >= 0.3 is 92.1 Å². The minimum atomic E-state index is -0.800. The van der Waals surface area contributed by atoms with Crippen molar-refractivity contribution < 1.29 is 34.1 Å². The van der Waals surface area contributed by atoms with Crippen LogP contribution in [0.4, 0.5) is 0 Å². The molecule has 0 radical (unpaired) electrons. The van der Waals surface area contributed by atoms with Gasteiger partial charge in [0, 0.05) is 0 Å². The molecule has 1 amide bonds. The van der Waals surface area contributed by atoms with E-state index in [4.69, 9.17) is 10.5 Å². The van der Waals surface area contributed by atoms with Crippen molar-refractivity contribution in [2.45, 2.75) is 14.8 Å². The predicted octanol–water partition coefficient (Wildman–Crippen LogP) is 0.0169. The molecular formula is C8H18HgN2O2. The SMILES string of the molecule is C[CH2][Hg][CH2]C(=O)NCCOCCN. The Morgan fingerprint density at radius 1 is 1.54 bits per heavy atom. The first-order valence-electron chi connectivity index (χ1n) is 4.85. The molecule has 0 saturated heterocycles. The summed E-state index contributed by atoms with van der Waals surface area (Å²) in [4.78, 5) is 11.1. The van der Waals surface area contributed by atoms with Gasteiger partial charge in [0.25, 0.3) is 0 Å². The number of amides is 1. The first-order chi connectivity index (χ1) is 6.31. The molecule has 74 valence electrons. The van der Waals surface area contributed by atoms with Crippen LogP contribution >= 0.6 is 0 Å². The van der Waals surface area contributed by atoms with Crippen molar-refractivity contribution in [1.82, 2.24) is 5.32 Å². The Hall–Kier alpha value is 0.325. The van der Waals surface area contributed by atoms with E-state index in [-0.39, 0.29) is 5.91 Å². The summed E-state index contributed by atoms with van der Waals surface area (Å²) in [5.41, 5.74) is 5.23. The zero-order chi connectivity index (χ0) is 9.94. The fourth-order valence-electron chi connectivity index (χ4n) is 0.874. The number of ether oxygens (including phenoxy) is 1. The van der Waals surface area contributed by atoms with E-state index in [0.29, 0.717) is 26.3 Å². The summed E-state index contributed by atoms with van der Waals surface area (Å²) in [7, 11) is 0. The van der Waals surface area contributed by atoms with Gasteiger partial charge in [-0.05, 0) is 0 Å². The van der Waals surface area contributed by atoms with Crippen molar-refractivity contribution in [2.75, 3.05) is 26.3 Å². The Bertz CT molecular complexity index is 133. The normalized spacial score (nSPS) is 9.38. The Labute approximate surface area is 92.0 Å². The summed E-state index contributed by atoms with van der Waals surface area (Å²) in [6.45, 7) is 4.48. The molecule has 0 fully saturated rings. The van der Waals surface area contributed by atoms with Gasteiger partial charge in [0.05, 0.1) is 0 Å². The number of nitrogens with one attached hydrogen (secondary N) is 1. The van der Waals surface area contributed by atoms with Gasteiger partial charge in [0.2, 0.25) is 0 Å². The van der Waals surface area contributed by atoms with Gasteiger partial charge < -0.3 is 0 Å². The molecule has 5 heteroatoms. The number of hydrogen-bond donors (Lipinski definition) is 2. The molecule has 0 aromatic carbocycles. The van der Waals surface area contributed by atoms with Crippen molar-refractivity contribution in [3.63, 3.8) is 0 Å². The van der Waals surface area contributed by atoms with E-state index < -0.39 is 24.6 Å². The predicted molar refractivity (Wildman–Crippen MR) is 48.2 cm³/mol. The van der Waals surface area contributed by atoms with Crippen LogP contribution in [0.5, 0.6) is 0 Å². The van der Waals surface area contributed by atoms with E-state index in [1.807, 2.05) is 0 Å². The Balaban J connectivity index is 3.08. The second-order valence-electron chi connectivity index (χ2n) is 2.85. The molecule has 0 aromatic heterocycles. The van der Waals surface area contributed by atoms with Crippen LogP contribution in [0.15, 0.2) is 0 Å². The third-order valence-electron chi connectivity index (χ3n) is 1.59. The number of carbonyl (C=O) groups is 1. The van der Waals surface area contributed by atoms with Gasteiger partial charge in [0.1, 0.15) is 0 Å². The van der Waals surface area contributed by atoms with Gasteiger partial charge in [-0.15, -0.1) is 0 Å². The van der Waals surface area contributed by atoms with E-state index in [1.165, 1.54) is 3.93 Å². The molecule has 13 heavy (non-hydrogen) atoms. The van der Waals surface area contributed by atoms with Crippen molar-refractivity contribution >= 4 is 5.91 Å². The summed E-state index contributed by atoms with van der Waals surface area (Å²) in [6.07, 6.45) is 0. The van der Waals surface area contributed by atoms with Crippen molar-refractivity contribution in [3.8, 4) is 0 Å². The summed E-state index contributed by atoms with van der Waals surface area (Å²) in [5.74, 6) is 0.208. The third kappa shape index (κ3) is 10.2. The van der Waals surface area contributed by atoms with Crippen LogP contribution in [-0.4, -0.2) is 32.2 Å². The quantitative estimate of drug-likeness (QED) is 0.465. The van der Waals surface area contributed by atoms with E-state index in [0.717, 1.165) is 3.93 Å². The van der Waals surface area contributed by atoms with Gasteiger partial charge in [-0.25, -0.2) is 0 Å². The Morgan fingerprint density at radius 3 is 2.92 bits per heavy atom. The van der Waals surface area contributed by atoms with Crippen LogP contribution < -0.4 is 11.1 Å².